The Morgan fingerprint density at radius 2 is 1.47 bits per heavy atom. The zero-order valence-corrected chi connectivity index (χ0v) is 10.9. The number of carboxylic acid groups (broad SMARTS) is 2. The molecule has 0 saturated heterocycles. The summed E-state index contributed by atoms with van der Waals surface area (Å²) in [6.45, 7) is -0.963. The van der Waals surface area contributed by atoms with Gasteiger partial charge in [0.15, 0.2) is 9.84 Å². The lowest BCUT2D eigenvalue weighted by Gasteiger charge is -2.20. The molecule has 0 radical (unpaired) electrons. The van der Waals surface area contributed by atoms with E-state index >= 15 is 0 Å². The van der Waals surface area contributed by atoms with Crippen molar-refractivity contribution in [2.24, 2.45) is 0 Å². The van der Waals surface area contributed by atoms with Crippen LogP contribution in [0.3, 0.4) is 0 Å². The van der Waals surface area contributed by atoms with Crippen LogP contribution in [0.5, 0.6) is 0 Å². The molecule has 19 heavy (non-hydrogen) atoms. The van der Waals surface area contributed by atoms with Crippen LogP contribution in [0.1, 0.15) is 0 Å². The number of aliphatic carboxylic acids is 2. The SMILES string of the molecule is CS(=O)(=O)c1ccc(N(CC(=O)O)CC(=O)O)cc1. The Hall–Kier alpha value is -2.09. The predicted molar refractivity (Wildman–Crippen MR) is 67.0 cm³/mol. The minimum atomic E-state index is -3.34. The van der Waals surface area contributed by atoms with E-state index in [4.69, 9.17) is 10.2 Å². The van der Waals surface area contributed by atoms with Gasteiger partial charge in [-0.05, 0) is 24.3 Å². The van der Waals surface area contributed by atoms with E-state index in [1.807, 2.05) is 0 Å². The zero-order chi connectivity index (χ0) is 14.6. The van der Waals surface area contributed by atoms with E-state index in [0.29, 0.717) is 5.69 Å². The quantitative estimate of drug-likeness (QED) is 0.761. The molecule has 0 amide bonds. The number of carbonyl (C=O) groups is 2. The van der Waals surface area contributed by atoms with Crippen LogP contribution < -0.4 is 4.90 Å². The average Bonchev–Trinajstić information content (AvgIpc) is 2.26. The summed E-state index contributed by atoms with van der Waals surface area (Å²) < 4.78 is 22.5. The molecule has 0 bridgehead atoms. The van der Waals surface area contributed by atoms with Crippen molar-refractivity contribution < 1.29 is 28.2 Å². The summed E-state index contributed by atoms with van der Waals surface area (Å²) in [4.78, 5) is 22.5. The highest BCUT2D eigenvalue weighted by Gasteiger charge is 2.15. The molecule has 2 N–H and O–H groups in total. The van der Waals surface area contributed by atoms with Crippen LogP contribution in [0.15, 0.2) is 29.2 Å². The summed E-state index contributed by atoms with van der Waals surface area (Å²) in [7, 11) is -3.34. The summed E-state index contributed by atoms with van der Waals surface area (Å²) in [5, 5.41) is 17.4. The molecule has 1 aromatic carbocycles. The molecule has 1 rings (SSSR count). The van der Waals surface area contributed by atoms with Gasteiger partial charge in [-0.25, -0.2) is 8.42 Å². The lowest BCUT2D eigenvalue weighted by molar-refractivity contribution is -0.136. The van der Waals surface area contributed by atoms with Gasteiger partial charge in [0.2, 0.25) is 0 Å². The highest BCUT2D eigenvalue weighted by atomic mass is 32.2. The van der Waals surface area contributed by atoms with Gasteiger partial charge in [0.1, 0.15) is 13.1 Å². The monoisotopic (exact) mass is 287 g/mol. The van der Waals surface area contributed by atoms with Crippen LogP contribution in [0.4, 0.5) is 5.69 Å². The largest absolute Gasteiger partial charge is 0.480 e. The van der Waals surface area contributed by atoms with Crippen molar-refractivity contribution in [2.45, 2.75) is 4.90 Å². The van der Waals surface area contributed by atoms with Crippen LogP contribution in [0.2, 0.25) is 0 Å². The predicted octanol–water partition coefficient (Wildman–Crippen LogP) is 0.0657. The fourth-order valence-corrected chi connectivity index (χ4v) is 2.10. The number of nitrogens with zero attached hydrogens (tertiary/aromatic N) is 1. The topological polar surface area (TPSA) is 112 Å². The minimum Gasteiger partial charge on any atom is -0.480 e. The van der Waals surface area contributed by atoms with Gasteiger partial charge in [0.25, 0.3) is 0 Å². The van der Waals surface area contributed by atoms with Gasteiger partial charge < -0.3 is 15.1 Å². The van der Waals surface area contributed by atoms with Gasteiger partial charge in [-0.1, -0.05) is 0 Å². The number of hydrogen-bond acceptors (Lipinski definition) is 5. The maximum atomic E-state index is 11.3. The van der Waals surface area contributed by atoms with Crippen LogP contribution >= 0.6 is 0 Å². The Balaban J connectivity index is 3.03. The van der Waals surface area contributed by atoms with E-state index in [9.17, 15) is 18.0 Å². The second-order valence-electron chi connectivity index (χ2n) is 3.91. The molecule has 0 aliphatic carbocycles. The van der Waals surface area contributed by atoms with Crippen molar-refractivity contribution in [1.29, 1.82) is 0 Å². The number of hydrogen-bond donors (Lipinski definition) is 2. The van der Waals surface area contributed by atoms with E-state index in [1.54, 1.807) is 0 Å². The summed E-state index contributed by atoms with van der Waals surface area (Å²) >= 11 is 0. The van der Waals surface area contributed by atoms with E-state index < -0.39 is 34.9 Å². The van der Waals surface area contributed by atoms with E-state index in [-0.39, 0.29) is 4.90 Å². The number of carboxylic acids is 2. The van der Waals surface area contributed by atoms with Crippen LogP contribution in [0.25, 0.3) is 0 Å². The molecule has 0 atom stereocenters. The molecule has 8 heteroatoms. The molecule has 104 valence electrons. The Bertz CT molecular complexity index is 562. The standard InChI is InChI=1S/C11H13NO6S/c1-19(17,18)9-4-2-8(3-5-9)12(6-10(13)14)7-11(15)16/h2-5H,6-7H2,1H3,(H,13,14)(H,15,16). The second kappa shape index (κ2) is 5.70. The number of sulfone groups is 1. The molecule has 0 saturated carbocycles. The van der Waals surface area contributed by atoms with Crippen LogP contribution in [-0.2, 0) is 19.4 Å². The Labute approximate surface area is 110 Å². The van der Waals surface area contributed by atoms with Gasteiger partial charge in [-0.2, -0.15) is 0 Å². The van der Waals surface area contributed by atoms with E-state index in [1.165, 1.54) is 24.3 Å². The first-order chi connectivity index (χ1) is 8.70. The van der Waals surface area contributed by atoms with Crippen molar-refractivity contribution in [3.63, 3.8) is 0 Å². The fourth-order valence-electron chi connectivity index (χ4n) is 1.47. The van der Waals surface area contributed by atoms with Gasteiger partial charge in [0, 0.05) is 11.9 Å². The normalized spacial score (nSPS) is 11.0. The number of anilines is 1. The molecule has 0 spiro atoms. The van der Waals surface area contributed by atoms with Gasteiger partial charge in [0.05, 0.1) is 4.90 Å². The van der Waals surface area contributed by atoms with Crippen molar-refractivity contribution >= 4 is 27.5 Å². The smallest absolute Gasteiger partial charge is 0.323 e. The average molecular weight is 287 g/mol. The molecule has 7 nitrogen and oxygen atoms in total. The van der Waals surface area contributed by atoms with Crippen LogP contribution in [0, 0.1) is 0 Å². The fraction of sp³-hybridized carbons (Fsp3) is 0.273. The molecule has 0 aliphatic rings. The van der Waals surface area contributed by atoms with Gasteiger partial charge in [-0.15, -0.1) is 0 Å². The maximum absolute atomic E-state index is 11.3. The first-order valence-electron chi connectivity index (χ1n) is 5.19. The first kappa shape index (κ1) is 15.0. The minimum absolute atomic E-state index is 0.0850. The molecular weight excluding hydrogens is 274 g/mol. The first-order valence-corrected chi connectivity index (χ1v) is 7.08. The van der Waals surface area contributed by atoms with Crippen molar-refractivity contribution in [1.82, 2.24) is 0 Å². The molecular formula is C11H13NO6S. The zero-order valence-electron chi connectivity index (χ0n) is 10.1. The third-order valence-corrected chi connectivity index (χ3v) is 3.41. The van der Waals surface area contributed by atoms with Crippen molar-refractivity contribution in [2.75, 3.05) is 24.2 Å². The molecule has 0 aliphatic heterocycles. The highest BCUT2D eigenvalue weighted by Crippen LogP contribution is 2.17. The summed E-state index contributed by atoms with van der Waals surface area (Å²) in [5.41, 5.74) is 0.331. The lowest BCUT2D eigenvalue weighted by Crippen LogP contribution is -2.34. The Kier molecular flexibility index (Phi) is 4.49. The number of benzene rings is 1. The van der Waals surface area contributed by atoms with E-state index in [0.717, 1.165) is 11.2 Å². The summed E-state index contributed by atoms with van der Waals surface area (Å²) in [6.07, 6.45) is 1.05. The molecule has 0 aromatic heterocycles. The van der Waals surface area contributed by atoms with Crippen LogP contribution in [-0.4, -0.2) is 49.9 Å². The Morgan fingerprint density at radius 1 is 1.05 bits per heavy atom. The van der Waals surface area contributed by atoms with Gasteiger partial charge in [-0.3, -0.25) is 9.59 Å². The van der Waals surface area contributed by atoms with E-state index in [2.05, 4.69) is 0 Å². The lowest BCUT2D eigenvalue weighted by atomic mass is 10.3. The molecule has 1 aromatic rings. The third kappa shape index (κ3) is 4.59. The second-order valence-corrected chi connectivity index (χ2v) is 5.93. The summed E-state index contributed by atoms with van der Waals surface area (Å²) in [6, 6.07) is 5.37. The maximum Gasteiger partial charge on any atom is 0.323 e. The summed E-state index contributed by atoms with van der Waals surface area (Å²) in [5.74, 6) is -2.35. The third-order valence-electron chi connectivity index (χ3n) is 2.28. The highest BCUT2D eigenvalue weighted by molar-refractivity contribution is 7.90. The molecule has 0 unspecified atom stereocenters. The van der Waals surface area contributed by atoms with Crippen molar-refractivity contribution in [3.8, 4) is 0 Å². The Morgan fingerprint density at radius 3 is 1.79 bits per heavy atom. The molecule has 0 heterocycles. The van der Waals surface area contributed by atoms with Crippen molar-refractivity contribution in [3.05, 3.63) is 24.3 Å². The molecule has 0 fully saturated rings. The number of rotatable bonds is 6. The van der Waals surface area contributed by atoms with Gasteiger partial charge >= 0.3 is 11.9 Å².